The molecule has 1 aliphatic heterocycles. The Balaban J connectivity index is 2.05. The van der Waals surface area contributed by atoms with Gasteiger partial charge in [0.05, 0.1) is 0 Å². The Hall–Kier alpha value is -1.22. The standard InChI is InChI=1S/C14H19NO2/c1-9(2)12(14(15)6-7-14)10-4-3-5-11-13(10)17-8-16-11/h3-5,9,12H,6-8,15H2,1-2H3. The molecule has 1 aromatic carbocycles. The van der Waals surface area contributed by atoms with E-state index in [9.17, 15) is 0 Å². The zero-order valence-corrected chi connectivity index (χ0v) is 10.4. The molecule has 1 aliphatic carbocycles. The molecule has 0 aromatic heterocycles. The summed E-state index contributed by atoms with van der Waals surface area (Å²) in [7, 11) is 0. The minimum absolute atomic E-state index is 0.0325. The Morgan fingerprint density at radius 3 is 2.65 bits per heavy atom. The first-order valence-corrected chi connectivity index (χ1v) is 6.29. The van der Waals surface area contributed by atoms with Gasteiger partial charge in [-0.25, -0.2) is 0 Å². The molecule has 0 saturated heterocycles. The third-order valence-electron chi connectivity index (χ3n) is 3.88. The molecule has 1 atom stereocenters. The third-order valence-corrected chi connectivity index (χ3v) is 3.88. The molecular formula is C14H19NO2. The summed E-state index contributed by atoms with van der Waals surface area (Å²) in [6.07, 6.45) is 2.22. The van der Waals surface area contributed by atoms with E-state index >= 15 is 0 Å². The normalized spacial score (nSPS) is 21.6. The van der Waals surface area contributed by atoms with Crippen LogP contribution in [0.25, 0.3) is 0 Å². The van der Waals surface area contributed by atoms with E-state index in [-0.39, 0.29) is 5.54 Å². The molecule has 1 aromatic rings. The highest BCUT2D eigenvalue weighted by molar-refractivity contribution is 5.51. The Morgan fingerprint density at radius 2 is 2.00 bits per heavy atom. The zero-order chi connectivity index (χ0) is 12.0. The van der Waals surface area contributed by atoms with Gasteiger partial charge in [0.1, 0.15) is 0 Å². The van der Waals surface area contributed by atoms with E-state index < -0.39 is 0 Å². The minimum Gasteiger partial charge on any atom is -0.454 e. The summed E-state index contributed by atoms with van der Waals surface area (Å²) in [6, 6.07) is 6.12. The van der Waals surface area contributed by atoms with Gasteiger partial charge < -0.3 is 15.2 Å². The van der Waals surface area contributed by atoms with Gasteiger partial charge in [-0.1, -0.05) is 26.0 Å². The van der Waals surface area contributed by atoms with Gasteiger partial charge in [0.2, 0.25) is 6.79 Å². The second-order valence-electron chi connectivity index (χ2n) is 5.54. The van der Waals surface area contributed by atoms with Crippen molar-refractivity contribution in [1.82, 2.24) is 0 Å². The summed E-state index contributed by atoms with van der Waals surface area (Å²) in [4.78, 5) is 0. The molecule has 0 spiro atoms. The lowest BCUT2D eigenvalue weighted by Crippen LogP contribution is -2.34. The molecule has 0 bridgehead atoms. The number of hydrogen-bond acceptors (Lipinski definition) is 3. The monoisotopic (exact) mass is 233 g/mol. The second kappa shape index (κ2) is 3.64. The van der Waals surface area contributed by atoms with Gasteiger partial charge >= 0.3 is 0 Å². The maximum absolute atomic E-state index is 6.42. The summed E-state index contributed by atoms with van der Waals surface area (Å²) in [5.41, 5.74) is 7.61. The van der Waals surface area contributed by atoms with Crippen molar-refractivity contribution in [3.8, 4) is 11.5 Å². The van der Waals surface area contributed by atoms with Crippen molar-refractivity contribution >= 4 is 0 Å². The van der Waals surface area contributed by atoms with Gasteiger partial charge in [-0.15, -0.1) is 0 Å². The number of fused-ring (bicyclic) bond motifs is 1. The summed E-state index contributed by atoms with van der Waals surface area (Å²) >= 11 is 0. The fraction of sp³-hybridized carbons (Fsp3) is 0.571. The van der Waals surface area contributed by atoms with Crippen LogP contribution < -0.4 is 15.2 Å². The van der Waals surface area contributed by atoms with Crippen LogP contribution in [0.5, 0.6) is 11.5 Å². The van der Waals surface area contributed by atoms with Crippen LogP contribution in [0.1, 0.15) is 38.2 Å². The highest BCUT2D eigenvalue weighted by Gasteiger charge is 2.48. The molecule has 3 nitrogen and oxygen atoms in total. The first-order chi connectivity index (χ1) is 8.12. The van der Waals surface area contributed by atoms with Crippen LogP contribution in [0.3, 0.4) is 0 Å². The van der Waals surface area contributed by atoms with Crippen molar-refractivity contribution in [2.24, 2.45) is 11.7 Å². The molecule has 3 rings (SSSR count). The molecule has 0 radical (unpaired) electrons. The van der Waals surface area contributed by atoms with Crippen molar-refractivity contribution < 1.29 is 9.47 Å². The molecule has 2 aliphatic rings. The molecule has 1 saturated carbocycles. The fourth-order valence-corrected chi connectivity index (χ4v) is 2.99. The third kappa shape index (κ3) is 1.69. The Labute approximate surface area is 102 Å². The zero-order valence-electron chi connectivity index (χ0n) is 10.4. The van der Waals surface area contributed by atoms with Crippen LogP contribution >= 0.6 is 0 Å². The average molecular weight is 233 g/mol. The Bertz CT molecular complexity index is 438. The van der Waals surface area contributed by atoms with E-state index in [2.05, 4.69) is 19.9 Å². The fourth-order valence-electron chi connectivity index (χ4n) is 2.99. The highest BCUT2D eigenvalue weighted by atomic mass is 16.7. The molecule has 1 heterocycles. The molecule has 1 unspecified atom stereocenters. The van der Waals surface area contributed by atoms with Crippen LogP contribution in [0.15, 0.2) is 18.2 Å². The predicted octanol–water partition coefficient (Wildman–Crippen LogP) is 2.65. The van der Waals surface area contributed by atoms with Gasteiger partial charge in [0, 0.05) is 17.0 Å². The van der Waals surface area contributed by atoms with Gasteiger partial charge in [-0.05, 0) is 24.8 Å². The summed E-state index contributed by atoms with van der Waals surface area (Å²) < 4.78 is 11.0. The maximum atomic E-state index is 6.42. The number of hydrogen-bond donors (Lipinski definition) is 1. The highest BCUT2D eigenvalue weighted by Crippen LogP contribution is 2.52. The van der Waals surface area contributed by atoms with E-state index in [0.717, 1.165) is 24.3 Å². The number of benzene rings is 1. The van der Waals surface area contributed by atoms with Crippen molar-refractivity contribution in [2.45, 2.75) is 38.1 Å². The van der Waals surface area contributed by atoms with Crippen molar-refractivity contribution in [3.05, 3.63) is 23.8 Å². The number of rotatable bonds is 3. The van der Waals surface area contributed by atoms with E-state index in [1.165, 1.54) is 5.56 Å². The number of nitrogens with two attached hydrogens (primary N) is 1. The van der Waals surface area contributed by atoms with Gasteiger partial charge in [0.15, 0.2) is 11.5 Å². The van der Waals surface area contributed by atoms with Crippen molar-refractivity contribution in [3.63, 3.8) is 0 Å². The molecule has 17 heavy (non-hydrogen) atoms. The lowest BCUT2D eigenvalue weighted by atomic mass is 9.80. The Kier molecular flexibility index (Phi) is 2.33. The molecule has 2 N–H and O–H groups in total. The van der Waals surface area contributed by atoms with Crippen molar-refractivity contribution in [1.29, 1.82) is 0 Å². The van der Waals surface area contributed by atoms with Crippen LogP contribution in [0.2, 0.25) is 0 Å². The molecular weight excluding hydrogens is 214 g/mol. The van der Waals surface area contributed by atoms with E-state index in [1.54, 1.807) is 0 Å². The smallest absolute Gasteiger partial charge is 0.231 e. The predicted molar refractivity (Wildman–Crippen MR) is 66.3 cm³/mol. The molecule has 92 valence electrons. The summed E-state index contributed by atoms with van der Waals surface area (Å²) in [5, 5.41) is 0. The molecule has 0 amide bonds. The molecule has 1 fully saturated rings. The second-order valence-corrected chi connectivity index (χ2v) is 5.54. The van der Waals surface area contributed by atoms with Gasteiger partial charge in [-0.3, -0.25) is 0 Å². The lowest BCUT2D eigenvalue weighted by Gasteiger charge is -2.28. The van der Waals surface area contributed by atoms with E-state index in [4.69, 9.17) is 15.2 Å². The maximum Gasteiger partial charge on any atom is 0.231 e. The lowest BCUT2D eigenvalue weighted by molar-refractivity contribution is 0.172. The number of ether oxygens (including phenoxy) is 2. The summed E-state index contributed by atoms with van der Waals surface area (Å²) in [5.74, 6) is 2.64. The largest absolute Gasteiger partial charge is 0.454 e. The van der Waals surface area contributed by atoms with E-state index in [0.29, 0.717) is 18.6 Å². The van der Waals surface area contributed by atoms with Gasteiger partial charge in [0.25, 0.3) is 0 Å². The molecule has 3 heteroatoms. The Morgan fingerprint density at radius 1 is 1.24 bits per heavy atom. The van der Waals surface area contributed by atoms with E-state index in [1.807, 2.05) is 12.1 Å². The van der Waals surface area contributed by atoms with Crippen LogP contribution in [0.4, 0.5) is 0 Å². The van der Waals surface area contributed by atoms with Crippen LogP contribution in [-0.4, -0.2) is 12.3 Å². The minimum atomic E-state index is -0.0325. The van der Waals surface area contributed by atoms with Crippen LogP contribution in [-0.2, 0) is 0 Å². The number of para-hydroxylation sites is 1. The quantitative estimate of drug-likeness (QED) is 0.873. The van der Waals surface area contributed by atoms with Crippen molar-refractivity contribution in [2.75, 3.05) is 6.79 Å². The van der Waals surface area contributed by atoms with Crippen LogP contribution in [0, 0.1) is 5.92 Å². The first kappa shape index (κ1) is 10.9. The van der Waals surface area contributed by atoms with Gasteiger partial charge in [-0.2, -0.15) is 0 Å². The first-order valence-electron chi connectivity index (χ1n) is 6.29. The topological polar surface area (TPSA) is 44.5 Å². The summed E-state index contributed by atoms with van der Waals surface area (Å²) in [6.45, 7) is 4.79. The SMILES string of the molecule is CC(C)C(c1cccc2c1OCO2)C1(N)CC1. The average Bonchev–Trinajstić information content (AvgIpc) is 2.83.